The van der Waals surface area contributed by atoms with E-state index in [0.29, 0.717) is 5.69 Å². The number of nitrogens with zero attached hydrogens (tertiary/aromatic N) is 1. The van der Waals surface area contributed by atoms with Crippen LogP contribution in [0.25, 0.3) is 0 Å². The van der Waals surface area contributed by atoms with Crippen LogP contribution in [0.3, 0.4) is 0 Å². The van der Waals surface area contributed by atoms with Crippen molar-refractivity contribution in [2.24, 2.45) is 0 Å². The Morgan fingerprint density at radius 1 is 0.967 bits per heavy atom. The Hall–Kier alpha value is -3.03. The average molecular weight is 427 g/mol. The zero-order valence-corrected chi connectivity index (χ0v) is 17.6. The minimum absolute atomic E-state index is 0.0147. The van der Waals surface area contributed by atoms with E-state index in [-0.39, 0.29) is 18.0 Å². The third-order valence-corrected chi connectivity index (χ3v) is 6.44. The first kappa shape index (κ1) is 21.7. The van der Waals surface area contributed by atoms with Crippen molar-refractivity contribution < 1.29 is 17.6 Å². The van der Waals surface area contributed by atoms with E-state index in [1.54, 1.807) is 30.3 Å². The Kier molecular flexibility index (Phi) is 6.64. The van der Waals surface area contributed by atoms with E-state index in [9.17, 15) is 17.6 Å². The molecule has 30 heavy (non-hydrogen) atoms. The van der Waals surface area contributed by atoms with Crippen molar-refractivity contribution in [1.82, 2.24) is 4.31 Å². The summed E-state index contributed by atoms with van der Waals surface area (Å²) in [7, 11) is -4.01. The van der Waals surface area contributed by atoms with Crippen LogP contribution in [-0.4, -0.2) is 25.2 Å². The average Bonchev–Trinajstić information content (AvgIpc) is 2.71. The summed E-state index contributed by atoms with van der Waals surface area (Å²) in [5, 5.41) is 2.78. The van der Waals surface area contributed by atoms with Crippen molar-refractivity contribution in [3.63, 3.8) is 0 Å². The predicted octanol–water partition coefficient (Wildman–Crippen LogP) is 4.27. The molecule has 0 unspecified atom stereocenters. The number of amides is 1. The largest absolute Gasteiger partial charge is 0.325 e. The van der Waals surface area contributed by atoms with Crippen LogP contribution in [0.2, 0.25) is 0 Å². The molecular formula is C23H23FN2O3S. The minimum atomic E-state index is -4.01. The van der Waals surface area contributed by atoms with Gasteiger partial charge in [-0.2, -0.15) is 4.31 Å². The maximum atomic E-state index is 13.3. The molecule has 0 saturated carbocycles. The van der Waals surface area contributed by atoms with Crippen molar-refractivity contribution in [1.29, 1.82) is 0 Å². The van der Waals surface area contributed by atoms with Crippen LogP contribution in [0.5, 0.6) is 0 Å². The number of benzene rings is 3. The number of sulfonamides is 1. The molecule has 0 fully saturated rings. The lowest BCUT2D eigenvalue weighted by Crippen LogP contribution is -2.37. The van der Waals surface area contributed by atoms with Crippen LogP contribution in [0.4, 0.5) is 10.1 Å². The number of rotatable bonds is 7. The van der Waals surface area contributed by atoms with Crippen molar-refractivity contribution in [2.45, 2.75) is 25.3 Å². The fourth-order valence-electron chi connectivity index (χ4n) is 3.07. The molecule has 0 aromatic heterocycles. The first-order valence-electron chi connectivity index (χ1n) is 9.42. The maximum Gasteiger partial charge on any atom is 0.243 e. The third-order valence-electron chi connectivity index (χ3n) is 4.63. The zero-order chi connectivity index (χ0) is 21.7. The summed E-state index contributed by atoms with van der Waals surface area (Å²) < 4.78 is 40.7. The SMILES string of the molecule is Cc1ccc(NC(=O)CN(Cc2ccccc2)S(=O)(=O)c2ccc(F)cc2)c(C)c1. The predicted molar refractivity (Wildman–Crippen MR) is 115 cm³/mol. The third kappa shape index (κ3) is 5.31. The molecule has 5 nitrogen and oxygen atoms in total. The molecule has 0 spiro atoms. The maximum absolute atomic E-state index is 13.3. The quantitative estimate of drug-likeness (QED) is 0.614. The number of nitrogens with one attached hydrogen (secondary N) is 1. The molecule has 3 aromatic carbocycles. The van der Waals surface area contributed by atoms with Gasteiger partial charge in [0.25, 0.3) is 0 Å². The molecule has 0 radical (unpaired) electrons. The van der Waals surface area contributed by atoms with Gasteiger partial charge in [0.2, 0.25) is 15.9 Å². The molecule has 0 saturated heterocycles. The Labute approximate surface area is 176 Å². The second kappa shape index (κ2) is 9.19. The highest BCUT2D eigenvalue weighted by molar-refractivity contribution is 7.89. The first-order chi connectivity index (χ1) is 14.3. The van der Waals surface area contributed by atoms with E-state index in [1.165, 1.54) is 12.1 Å². The second-order valence-corrected chi connectivity index (χ2v) is 9.02. The second-order valence-electron chi connectivity index (χ2n) is 7.08. The van der Waals surface area contributed by atoms with Gasteiger partial charge in [-0.1, -0.05) is 48.0 Å². The van der Waals surface area contributed by atoms with Crippen LogP contribution in [-0.2, 0) is 21.4 Å². The standard InChI is InChI=1S/C23H23FN2O3S/c1-17-8-13-22(18(2)14-17)25-23(27)16-26(15-19-6-4-3-5-7-19)30(28,29)21-11-9-20(24)10-12-21/h3-14H,15-16H2,1-2H3,(H,25,27). The molecule has 3 aromatic rings. The molecule has 3 rings (SSSR count). The number of hydrogen-bond acceptors (Lipinski definition) is 3. The van der Waals surface area contributed by atoms with Gasteiger partial charge >= 0.3 is 0 Å². The molecule has 0 atom stereocenters. The van der Waals surface area contributed by atoms with Gasteiger partial charge in [0, 0.05) is 12.2 Å². The molecule has 7 heteroatoms. The lowest BCUT2D eigenvalue weighted by molar-refractivity contribution is -0.116. The van der Waals surface area contributed by atoms with E-state index in [4.69, 9.17) is 0 Å². The van der Waals surface area contributed by atoms with Gasteiger partial charge in [0.05, 0.1) is 11.4 Å². The van der Waals surface area contributed by atoms with E-state index in [2.05, 4.69) is 5.32 Å². The Morgan fingerprint density at radius 2 is 1.63 bits per heavy atom. The van der Waals surface area contributed by atoms with Crippen molar-refractivity contribution in [3.05, 3.63) is 95.3 Å². The molecule has 0 bridgehead atoms. The van der Waals surface area contributed by atoms with Gasteiger partial charge in [-0.05, 0) is 55.3 Å². The van der Waals surface area contributed by atoms with Crippen molar-refractivity contribution in [3.8, 4) is 0 Å². The summed E-state index contributed by atoms with van der Waals surface area (Å²) in [6.45, 7) is 3.47. The molecule has 0 aliphatic carbocycles. The van der Waals surface area contributed by atoms with Crippen molar-refractivity contribution in [2.75, 3.05) is 11.9 Å². The molecular weight excluding hydrogens is 403 g/mol. The lowest BCUT2D eigenvalue weighted by atomic mass is 10.1. The first-order valence-corrected chi connectivity index (χ1v) is 10.9. The van der Waals surface area contributed by atoms with Crippen LogP contribution >= 0.6 is 0 Å². The highest BCUT2D eigenvalue weighted by Gasteiger charge is 2.27. The fraction of sp³-hybridized carbons (Fsp3) is 0.174. The number of anilines is 1. The number of aryl methyl sites for hydroxylation is 2. The van der Waals surface area contributed by atoms with Crippen molar-refractivity contribution >= 4 is 21.6 Å². The number of hydrogen-bond donors (Lipinski definition) is 1. The fourth-order valence-corrected chi connectivity index (χ4v) is 4.46. The monoisotopic (exact) mass is 426 g/mol. The molecule has 0 aliphatic heterocycles. The van der Waals surface area contributed by atoms with Crippen LogP contribution < -0.4 is 5.32 Å². The summed E-state index contributed by atoms with van der Waals surface area (Å²) >= 11 is 0. The Balaban J connectivity index is 1.87. The minimum Gasteiger partial charge on any atom is -0.325 e. The number of carbonyl (C=O) groups is 1. The number of carbonyl (C=O) groups excluding carboxylic acids is 1. The van der Waals surface area contributed by atoms with E-state index < -0.39 is 21.7 Å². The zero-order valence-electron chi connectivity index (χ0n) is 16.8. The van der Waals surface area contributed by atoms with E-state index >= 15 is 0 Å². The van der Waals surface area contributed by atoms with Crippen LogP contribution in [0, 0.1) is 19.7 Å². The topological polar surface area (TPSA) is 66.5 Å². The molecule has 0 heterocycles. The van der Waals surface area contributed by atoms with Crippen LogP contribution in [0.1, 0.15) is 16.7 Å². The molecule has 156 valence electrons. The van der Waals surface area contributed by atoms with Gasteiger partial charge in [-0.15, -0.1) is 0 Å². The highest BCUT2D eigenvalue weighted by Crippen LogP contribution is 2.20. The molecule has 1 N–H and O–H groups in total. The van der Waals surface area contributed by atoms with Gasteiger partial charge in [0.15, 0.2) is 0 Å². The van der Waals surface area contributed by atoms with Crippen LogP contribution in [0.15, 0.2) is 77.7 Å². The summed E-state index contributed by atoms with van der Waals surface area (Å²) in [6.07, 6.45) is 0. The lowest BCUT2D eigenvalue weighted by Gasteiger charge is -2.22. The summed E-state index contributed by atoms with van der Waals surface area (Å²) in [5.41, 5.74) is 3.32. The smallest absolute Gasteiger partial charge is 0.243 e. The van der Waals surface area contributed by atoms with E-state index in [1.807, 2.05) is 32.0 Å². The van der Waals surface area contributed by atoms with Gasteiger partial charge in [-0.3, -0.25) is 4.79 Å². The van der Waals surface area contributed by atoms with Gasteiger partial charge < -0.3 is 5.32 Å². The number of halogens is 1. The summed E-state index contributed by atoms with van der Waals surface area (Å²) in [6, 6.07) is 19.2. The van der Waals surface area contributed by atoms with E-state index in [0.717, 1.165) is 33.1 Å². The Bertz CT molecular complexity index is 1130. The summed E-state index contributed by atoms with van der Waals surface area (Å²) in [4.78, 5) is 12.6. The normalized spacial score (nSPS) is 11.5. The highest BCUT2D eigenvalue weighted by atomic mass is 32.2. The molecule has 0 aliphatic rings. The molecule has 1 amide bonds. The van der Waals surface area contributed by atoms with Gasteiger partial charge in [0.1, 0.15) is 5.82 Å². The van der Waals surface area contributed by atoms with Gasteiger partial charge in [-0.25, -0.2) is 12.8 Å². The Morgan fingerprint density at radius 3 is 2.27 bits per heavy atom. The summed E-state index contributed by atoms with van der Waals surface area (Å²) in [5.74, 6) is -0.986.